The van der Waals surface area contributed by atoms with Crippen LogP contribution >= 0.6 is 0 Å². The van der Waals surface area contributed by atoms with E-state index in [1.165, 1.54) is 0 Å². The van der Waals surface area contributed by atoms with Crippen molar-refractivity contribution in [1.29, 1.82) is 0 Å². The second-order valence-corrected chi connectivity index (χ2v) is 3.37. The summed E-state index contributed by atoms with van der Waals surface area (Å²) in [7, 11) is 2.14. The lowest BCUT2D eigenvalue weighted by Gasteiger charge is -2.35. The van der Waals surface area contributed by atoms with Gasteiger partial charge in [-0.1, -0.05) is 0 Å². The molecule has 0 aromatic carbocycles. The predicted octanol–water partition coefficient (Wildman–Crippen LogP) is -0.385. The van der Waals surface area contributed by atoms with Crippen molar-refractivity contribution < 1.29 is 5.11 Å². The number of aliphatic hydroxyl groups is 1. The first-order valence-electron chi connectivity index (χ1n) is 4.27. The molecule has 1 atom stereocenters. The number of aliphatic hydroxyl groups excluding tert-OH is 1. The minimum Gasteiger partial charge on any atom is -0.395 e. The van der Waals surface area contributed by atoms with E-state index in [2.05, 4.69) is 23.8 Å². The van der Waals surface area contributed by atoms with Crippen LogP contribution in [0.25, 0.3) is 0 Å². The van der Waals surface area contributed by atoms with E-state index in [0.717, 1.165) is 26.2 Å². The number of piperazine rings is 1. The Labute approximate surface area is 68.6 Å². The summed E-state index contributed by atoms with van der Waals surface area (Å²) in [6.07, 6.45) is 0. The Morgan fingerprint density at radius 3 is 2.27 bits per heavy atom. The number of hydrogen-bond acceptors (Lipinski definition) is 3. The van der Waals surface area contributed by atoms with Crippen LogP contribution in [0.1, 0.15) is 6.92 Å². The molecule has 0 bridgehead atoms. The fraction of sp³-hybridized carbons (Fsp3) is 1.00. The zero-order chi connectivity index (χ0) is 8.27. The van der Waals surface area contributed by atoms with Crippen molar-refractivity contribution >= 4 is 0 Å². The highest BCUT2D eigenvalue weighted by Crippen LogP contribution is 2.03. The topological polar surface area (TPSA) is 26.7 Å². The zero-order valence-corrected chi connectivity index (χ0v) is 7.45. The van der Waals surface area contributed by atoms with Crippen molar-refractivity contribution in [2.75, 3.05) is 39.8 Å². The number of rotatable bonds is 2. The Morgan fingerprint density at radius 1 is 1.27 bits per heavy atom. The van der Waals surface area contributed by atoms with E-state index >= 15 is 0 Å². The van der Waals surface area contributed by atoms with Gasteiger partial charge in [-0.15, -0.1) is 0 Å². The Hall–Kier alpha value is -0.120. The fourth-order valence-electron chi connectivity index (χ4n) is 1.38. The van der Waals surface area contributed by atoms with Crippen LogP contribution in [-0.4, -0.2) is 60.8 Å². The molecule has 0 aromatic rings. The minimum atomic E-state index is 0.281. The van der Waals surface area contributed by atoms with Gasteiger partial charge in [0.1, 0.15) is 0 Å². The van der Waals surface area contributed by atoms with E-state index in [1.54, 1.807) is 0 Å². The first-order chi connectivity index (χ1) is 5.24. The summed E-state index contributed by atoms with van der Waals surface area (Å²) in [5.41, 5.74) is 0. The van der Waals surface area contributed by atoms with E-state index in [0.29, 0.717) is 6.04 Å². The Bertz CT molecular complexity index is 111. The molecule has 11 heavy (non-hydrogen) atoms. The summed E-state index contributed by atoms with van der Waals surface area (Å²) in [6.45, 7) is 6.81. The van der Waals surface area contributed by atoms with E-state index < -0.39 is 0 Å². The first-order valence-corrected chi connectivity index (χ1v) is 4.27. The SMILES string of the molecule is C[C@H](CO)N1CCN(C)CC1. The second kappa shape index (κ2) is 4.04. The summed E-state index contributed by atoms with van der Waals surface area (Å²) < 4.78 is 0. The molecule has 0 aliphatic carbocycles. The number of likely N-dealkylation sites (N-methyl/N-ethyl adjacent to an activating group) is 1. The van der Waals surface area contributed by atoms with Crippen LogP contribution < -0.4 is 0 Å². The number of hydrogen-bond donors (Lipinski definition) is 1. The lowest BCUT2D eigenvalue weighted by Crippen LogP contribution is -2.49. The quantitative estimate of drug-likeness (QED) is 0.593. The van der Waals surface area contributed by atoms with Crippen LogP contribution in [0.5, 0.6) is 0 Å². The molecule has 0 amide bonds. The van der Waals surface area contributed by atoms with Crippen LogP contribution in [0, 0.1) is 0 Å². The molecule has 1 fully saturated rings. The molecule has 0 unspecified atom stereocenters. The maximum Gasteiger partial charge on any atom is 0.0584 e. The van der Waals surface area contributed by atoms with Crippen molar-refractivity contribution in [3.63, 3.8) is 0 Å². The molecular weight excluding hydrogens is 140 g/mol. The molecule has 0 radical (unpaired) electrons. The predicted molar refractivity (Wildman–Crippen MR) is 45.6 cm³/mol. The average molecular weight is 158 g/mol. The van der Waals surface area contributed by atoms with Gasteiger partial charge >= 0.3 is 0 Å². The molecule has 0 saturated carbocycles. The minimum absolute atomic E-state index is 0.281. The molecule has 3 heteroatoms. The smallest absolute Gasteiger partial charge is 0.0584 e. The fourth-order valence-corrected chi connectivity index (χ4v) is 1.38. The molecule has 1 N–H and O–H groups in total. The Morgan fingerprint density at radius 2 is 1.82 bits per heavy atom. The van der Waals surface area contributed by atoms with Gasteiger partial charge in [-0.05, 0) is 14.0 Å². The van der Waals surface area contributed by atoms with E-state index in [1.807, 2.05) is 0 Å². The third-order valence-corrected chi connectivity index (χ3v) is 2.43. The lowest BCUT2D eigenvalue weighted by atomic mass is 10.2. The highest BCUT2D eigenvalue weighted by molar-refractivity contribution is 4.73. The summed E-state index contributed by atoms with van der Waals surface area (Å²) in [4.78, 5) is 4.65. The maximum atomic E-state index is 8.90. The largest absolute Gasteiger partial charge is 0.395 e. The second-order valence-electron chi connectivity index (χ2n) is 3.37. The van der Waals surface area contributed by atoms with Gasteiger partial charge in [-0.3, -0.25) is 4.90 Å². The molecule has 1 heterocycles. The van der Waals surface area contributed by atoms with Gasteiger partial charge in [0.2, 0.25) is 0 Å². The molecule has 0 spiro atoms. The Kier molecular flexibility index (Phi) is 3.30. The molecule has 3 nitrogen and oxygen atoms in total. The van der Waals surface area contributed by atoms with Crippen molar-refractivity contribution in [1.82, 2.24) is 9.80 Å². The maximum absolute atomic E-state index is 8.90. The third kappa shape index (κ3) is 2.43. The summed E-state index contributed by atoms with van der Waals surface area (Å²) >= 11 is 0. The summed E-state index contributed by atoms with van der Waals surface area (Å²) in [5.74, 6) is 0. The van der Waals surface area contributed by atoms with Gasteiger partial charge in [0.05, 0.1) is 6.61 Å². The van der Waals surface area contributed by atoms with Gasteiger partial charge in [0.15, 0.2) is 0 Å². The van der Waals surface area contributed by atoms with Gasteiger partial charge in [-0.25, -0.2) is 0 Å². The van der Waals surface area contributed by atoms with Gasteiger partial charge in [0, 0.05) is 32.2 Å². The van der Waals surface area contributed by atoms with Crippen LogP contribution in [0.3, 0.4) is 0 Å². The monoisotopic (exact) mass is 158 g/mol. The summed E-state index contributed by atoms with van der Waals surface area (Å²) in [5, 5.41) is 8.90. The molecule has 66 valence electrons. The molecule has 1 aliphatic heterocycles. The van der Waals surface area contributed by atoms with Crippen LogP contribution in [0.4, 0.5) is 0 Å². The Balaban J connectivity index is 2.27. The van der Waals surface area contributed by atoms with E-state index in [-0.39, 0.29) is 6.61 Å². The molecule has 1 saturated heterocycles. The molecule has 1 rings (SSSR count). The average Bonchev–Trinajstić information content (AvgIpc) is 2.05. The highest BCUT2D eigenvalue weighted by atomic mass is 16.3. The zero-order valence-electron chi connectivity index (χ0n) is 7.45. The number of nitrogens with zero attached hydrogens (tertiary/aromatic N) is 2. The van der Waals surface area contributed by atoms with Crippen LogP contribution in [0.15, 0.2) is 0 Å². The van der Waals surface area contributed by atoms with Crippen molar-refractivity contribution in [2.24, 2.45) is 0 Å². The van der Waals surface area contributed by atoms with Crippen molar-refractivity contribution in [3.05, 3.63) is 0 Å². The molecule has 0 aromatic heterocycles. The van der Waals surface area contributed by atoms with Crippen molar-refractivity contribution in [2.45, 2.75) is 13.0 Å². The molecule has 1 aliphatic rings. The van der Waals surface area contributed by atoms with Gasteiger partial charge in [0.25, 0.3) is 0 Å². The lowest BCUT2D eigenvalue weighted by molar-refractivity contribution is 0.0838. The van der Waals surface area contributed by atoms with Crippen LogP contribution in [-0.2, 0) is 0 Å². The third-order valence-electron chi connectivity index (χ3n) is 2.43. The highest BCUT2D eigenvalue weighted by Gasteiger charge is 2.17. The van der Waals surface area contributed by atoms with Gasteiger partial charge < -0.3 is 10.0 Å². The normalized spacial score (nSPS) is 25.4. The summed E-state index contributed by atoms with van der Waals surface area (Å²) in [6, 6.07) is 0.337. The molecular formula is C8H18N2O. The first kappa shape index (κ1) is 8.97. The van der Waals surface area contributed by atoms with E-state index in [9.17, 15) is 0 Å². The standard InChI is InChI=1S/C8H18N2O/c1-8(7-11)10-5-3-9(2)4-6-10/h8,11H,3-7H2,1-2H3/t8-/m1/s1. The van der Waals surface area contributed by atoms with Crippen LogP contribution in [0.2, 0.25) is 0 Å². The van der Waals surface area contributed by atoms with E-state index in [4.69, 9.17) is 5.11 Å². The van der Waals surface area contributed by atoms with Gasteiger partial charge in [-0.2, -0.15) is 0 Å². The van der Waals surface area contributed by atoms with Crippen molar-refractivity contribution in [3.8, 4) is 0 Å².